The van der Waals surface area contributed by atoms with E-state index < -0.39 is 10.0 Å². The molecule has 4 nitrogen and oxygen atoms in total. The van der Waals surface area contributed by atoms with E-state index in [9.17, 15) is 8.42 Å². The molecular weight excluding hydrogens is 296 g/mol. The SMILES string of the molecule is CC(C)(C)c1ccc(S(=O)(=O)Nc2cccc(C#N)c2)cc1. The first-order chi connectivity index (χ1) is 10.2. The van der Waals surface area contributed by atoms with E-state index in [1.165, 1.54) is 6.07 Å². The van der Waals surface area contributed by atoms with Crippen molar-refractivity contribution < 1.29 is 8.42 Å². The molecule has 0 aliphatic heterocycles. The third-order valence-corrected chi connectivity index (χ3v) is 4.67. The van der Waals surface area contributed by atoms with Crippen LogP contribution in [-0.4, -0.2) is 8.42 Å². The number of hydrogen-bond acceptors (Lipinski definition) is 3. The van der Waals surface area contributed by atoms with E-state index >= 15 is 0 Å². The Hall–Kier alpha value is -2.32. The van der Waals surface area contributed by atoms with Crippen molar-refractivity contribution in [3.8, 4) is 6.07 Å². The molecule has 0 aliphatic carbocycles. The van der Waals surface area contributed by atoms with Gasteiger partial charge in [0, 0.05) is 0 Å². The molecule has 0 unspecified atom stereocenters. The molecule has 0 spiro atoms. The third-order valence-electron chi connectivity index (χ3n) is 3.27. The minimum Gasteiger partial charge on any atom is -0.280 e. The van der Waals surface area contributed by atoms with E-state index in [2.05, 4.69) is 25.5 Å². The second-order valence-electron chi connectivity index (χ2n) is 6.07. The topological polar surface area (TPSA) is 70.0 Å². The summed E-state index contributed by atoms with van der Waals surface area (Å²) in [4.78, 5) is 0.197. The highest BCUT2D eigenvalue weighted by Crippen LogP contribution is 2.24. The number of rotatable bonds is 3. The third kappa shape index (κ3) is 3.66. The summed E-state index contributed by atoms with van der Waals surface area (Å²) in [5.74, 6) is 0. The Morgan fingerprint density at radius 2 is 1.68 bits per heavy atom. The molecule has 2 aromatic carbocycles. The highest BCUT2D eigenvalue weighted by atomic mass is 32.2. The lowest BCUT2D eigenvalue weighted by Crippen LogP contribution is -2.15. The second-order valence-corrected chi connectivity index (χ2v) is 7.75. The van der Waals surface area contributed by atoms with Crippen LogP contribution in [0.2, 0.25) is 0 Å². The standard InChI is InChI=1S/C17H18N2O2S/c1-17(2,3)14-7-9-16(10-8-14)22(20,21)19-15-6-4-5-13(11-15)12-18/h4-11,19H,1-3H3. The minimum absolute atomic E-state index is 0.0309. The van der Waals surface area contributed by atoms with Gasteiger partial charge in [0.1, 0.15) is 0 Å². The molecule has 0 atom stereocenters. The van der Waals surface area contributed by atoms with E-state index in [0.717, 1.165) is 5.56 Å². The Kier molecular flexibility index (Phi) is 4.25. The maximum absolute atomic E-state index is 12.4. The predicted molar refractivity (Wildman–Crippen MR) is 87.1 cm³/mol. The monoisotopic (exact) mass is 314 g/mol. The van der Waals surface area contributed by atoms with Crippen molar-refractivity contribution in [2.24, 2.45) is 0 Å². The average Bonchev–Trinajstić information content (AvgIpc) is 2.46. The summed E-state index contributed by atoms with van der Waals surface area (Å²) in [6.07, 6.45) is 0. The van der Waals surface area contributed by atoms with Crippen LogP contribution >= 0.6 is 0 Å². The number of nitriles is 1. The summed E-state index contributed by atoms with van der Waals surface area (Å²) in [6.45, 7) is 6.21. The fourth-order valence-corrected chi connectivity index (χ4v) is 3.05. The number of nitrogens with zero attached hydrogens (tertiary/aromatic N) is 1. The van der Waals surface area contributed by atoms with Crippen molar-refractivity contribution >= 4 is 15.7 Å². The van der Waals surface area contributed by atoms with Crippen molar-refractivity contribution in [3.05, 3.63) is 59.7 Å². The second kappa shape index (κ2) is 5.82. The molecule has 5 heteroatoms. The van der Waals surface area contributed by atoms with E-state index in [4.69, 9.17) is 5.26 Å². The fourth-order valence-electron chi connectivity index (χ4n) is 2.00. The van der Waals surface area contributed by atoms with Crippen molar-refractivity contribution in [1.82, 2.24) is 0 Å². The zero-order chi connectivity index (χ0) is 16.4. The van der Waals surface area contributed by atoms with Gasteiger partial charge in [-0.2, -0.15) is 5.26 Å². The summed E-state index contributed by atoms with van der Waals surface area (Å²) >= 11 is 0. The van der Waals surface area contributed by atoms with Crippen LogP contribution in [0.4, 0.5) is 5.69 Å². The van der Waals surface area contributed by atoms with Crippen LogP contribution in [0.3, 0.4) is 0 Å². The average molecular weight is 314 g/mol. The molecule has 22 heavy (non-hydrogen) atoms. The molecule has 0 heterocycles. The van der Waals surface area contributed by atoms with Crippen LogP contribution in [-0.2, 0) is 15.4 Å². The molecule has 0 aliphatic rings. The molecule has 1 N–H and O–H groups in total. The number of benzene rings is 2. The van der Waals surface area contributed by atoms with Gasteiger partial charge in [-0.1, -0.05) is 39.0 Å². The summed E-state index contributed by atoms with van der Waals surface area (Å²) < 4.78 is 27.2. The van der Waals surface area contributed by atoms with Gasteiger partial charge in [0.05, 0.1) is 22.2 Å². The van der Waals surface area contributed by atoms with Gasteiger partial charge in [-0.05, 0) is 41.3 Å². The maximum Gasteiger partial charge on any atom is 0.261 e. The molecule has 2 rings (SSSR count). The Balaban J connectivity index is 2.29. The van der Waals surface area contributed by atoms with Crippen molar-refractivity contribution in [2.45, 2.75) is 31.1 Å². The first-order valence-electron chi connectivity index (χ1n) is 6.86. The van der Waals surface area contributed by atoms with Crippen molar-refractivity contribution in [3.63, 3.8) is 0 Å². The minimum atomic E-state index is -3.66. The van der Waals surface area contributed by atoms with Gasteiger partial charge in [-0.15, -0.1) is 0 Å². The zero-order valence-electron chi connectivity index (χ0n) is 12.8. The van der Waals surface area contributed by atoms with Crippen LogP contribution in [0.1, 0.15) is 31.9 Å². The molecule has 0 amide bonds. The van der Waals surface area contributed by atoms with E-state index in [0.29, 0.717) is 11.3 Å². The first-order valence-corrected chi connectivity index (χ1v) is 8.34. The lowest BCUT2D eigenvalue weighted by atomic mass is 9.87. The normalized spacial score (nSPS) is 11.7. The Morgan fingerprint density at radius 3 is 2.23 bits per heavy atom. The molecule has 0 saturated heterocycles. The number of hydrogen-bond donors (Lipinski definition) is 1. The molecule has 2 aromatic rings. The smallest absolute Gasteiger partial charge is 0.261 e. The van der Waals surface area contributed by atoms with Gasteiger partial charge in [0.25, 0.3) is 10.0 Å². The quantitative estimate of drug-likeness (QED) is 0.940. The van der Waals surface area contributed by atoms with Crippen LogP contribution in [0, 0.1) is 11.3 Å². The van der Waals surface area contributed by atoms with Gasteiger partial charge < -0.3 is 0 Å². The lowest BCUT2D eigenvalue weighted by molar-refractivity contribution is 0.587. The van der Waals surface area contributed by atoms with E-state index in [1.54, 1.807) is 30.3 Å². The Labute approximate surface area is 131 Å². The van der Waals surface area contributed by atoms with Crippen LogP contribution in [0.5, 0.6) is 0 Å². The van der Waals surface area contributed by atoms with Gasteiger partial charge in [-0.25, -0.2) is 8.42 Å². The fraction of sp³-hybridized carbons (Fsp3) is 0.235. The van der Waals surface area contributed by atoms with Gasteiger partial charge in [0.2, 0.25) is 0 Å². The molecule has 0 radical (unpaired) electrons. The number of anilines is 1. The van der Waals surface area contributed by atoms with Gasteiger partial charge >= 0.3 is 0 Å². The maximum atomic E-state index is 12.4. The summed E-state index contributed by atoms with van der Waals surface area (Å²) in [5.41, 5.74) is 1.82. The van der Waals surface area contributed by atoms with Crippen LogP contribution < -0.4 is 4.72 Å². The molecule has 0 saturated carbocycles. The molecule has 0 fully saturated rings. The molecule has 0 bridgehead atoms. The Morgan fingerprint density at radius 1 is 1.05 bits per heavy atom. The van der Waals surface area contributed by atoms with Crippen LogP contribution in [0.25, 0.3) is 0 Å². The Bertz CT molecular complexity index is 811. The van der Waals surface area contributed by atoms with Crippen LogP contribution in [0.15, 0.2) is 53.4 Å². The number of sulfonamides is 1. The first kappa shape index (κ1) is 16.1. The highest BCUT2D eigenvalue weighted by Gasteiger charge is 2.17. The van der Waals surface area contributed by atoms with Gasteiger partial charge in [-0.3, -0.25) is 4.72 Å². The predicted octanol–water partition coefficient (Wildman–Crippen LogP) is 3.66. The van der Waals surface area contributed by atoms with E-state index in [-0.39, 0.29) is 10.3 Å². The largest absolute Gasteiger partial charge is 0.280 e. The molecule has 114 valence electrons. The van der Waals surface area contributed by atoms with E-state index in [1.807, 2.05) is 18.2 Å². The van der Waals surface area contributed by atoms with Crippen molar-refractivity contribution in [2.75, 3.05) is 4.72 Å². The molecular formula is C17H18N2O2S. The summed E-state index contributed by atoms with van der Waals surface area (Å²) in [7, 11) is -3.66. The lowest BCUT2D eigenvalue weighted by Gasteiger charge is -2.19. The number of nitrogens with one attached hydrogen (secondary N) is 1. The highest BCUT2D eigenvalue weighted by molar-refractivity contribution is 7.92. The summed E-state index contributed by atoms with van der Waals surface area (Å²) in [6, 6.07) is 15.2. The zero-order valence-corrected chi connectivity index (χ0v) is 13.6. The van der Waals surface area contributed by atoms with Gasteiger partial charge in [0.15, 0.2) is 0 Å². The summed E-state index contributed by atoms with van der Waals surface area (Å²) in [5, 5.41) is 8.86. The van der Waals surface area contributed by atoms with Crippen molar-refractivity contribution in [1.29, 1.82) is 5.26 Å². The molecule has 0 aromatic heterocycles.